The van der Waals surface area contributed by atoms with Gasteiger partial charge in [0.15, 0.2) is 11.5 Å². The molecule has 0 atom stereocenters. The van der Waals surface area contributed by atoms with E-state index in [1.807, 2.05) is 12.1 Å². The first-order valence-electron chi connectivity index (χ1n) is 10.0. The molecule has 0 radical (unpaired) electrons. The van der Waals surface area contributed by atoms with Crippen molar-refractivity contribution in [3.63, 3.8) is 0 Å². The Kier molecular flexibility index (Phi) is 7.96. The summed E-state index contributed by atoms with van der Waals surface area (Å²) in [5.74, 6) is 0.979. The van der Waals surface area contributed by atoms with Crippen molar-refractivity contribution in [1.82, 2.24) is 4.98 Å². The van der Waals surface area contributed by atoms with Gasteiger partial charge in [0.05, 0.1) is 12.0 Å². The molecule has 1 aromatic heterocycles. The number of nitrogens with one attached hydrogen (secondary N) is 2. The van der Waals surface area contributed by atoms with Crippen molar-refractivity contribution >= 4 is 23.0 Å². The van der Waals surface area contributed by atoms with Crippen molar-refractivity contribution in [2.45, 2.75) is 19.4 Å². The van der Waals surface area contributed by atoms with E-state index in [0.29, 0.717) is 43.2 Å². The van der Waals surface area contributed by atoms with E-state index in [-0.39, 0.29) is 11.6 Å². The van der Waals surface area contributed by atoms with E-state index in [0.717, 1.165) is 11.3 Å². The third-order valence-electron chi connectivity index (χ3n) is 4.58. The number of nitro benzene ring substituents is 1. The van der Waals surface area contributed by atoms with Crippen molar-refractivity contribution < 1.29 is 19.2 Å². The van der Waals surface area contributed by atoms with Crippen LogP contribution in [-0.2, 0) is 11.4 Å². The number of pyridine rings is 1. The summed E-state index contributed by atoms with van der Waals surface area (Å²) in [6.45, 7) is 0.915. The van der Waals surface area contributed by atoms with E-state index in [9.17, 15) is 14.9 Å². The fourth-order valence-corrected chi connectivity index (χ4v) is 2.91. The van der Waals surface area contributed by atoms with Crippen LogP contribution in [-0.4, -0.2) is 29.5 Å². The summed E-state index contributed by atoms with van der Waals surface area (Å²) in [6.07, 6.45) is 4.32. The van der Waals surface area contributed by atoms with E-state index >= 15 is 0 Å². The molecule has 32 heavy (non-hydrogen) atoms. The lowest BCUT2D eigenvalue weighted by atomic mass is 10.2. The minimum Gasteiger partial charge on any atom is -0.493 e. The van der Waals surface area contributed by atoms with Crippen LogP contribution in [0.25, 0.3) is 0 Å². The fourth-order valence-electron chi connectivity index (χ4n) is 2.91. The quantitative estimate of drug-likeness (QED) is 0.260. The van der Waals surface area contributed by atoms with Crippen LogP contribution in [0.2, 0.25) is 0 Å². The van der Waals surface area contributed by atoms with Gasteiger partial charge in [0.25, 0.3) is 5.69 Å². The predicted octanol–water partition coefficient (Wildman–Crippen LogP) is 4.41. The van der Waals surface area contributed by atoms with Crippen LogP contribution in [0, 0.1) is 10.1 Å². The molecule has 0 aliphatic heterocycles. The summed E-state index contributed by atoms with van der Waals surface area (Å²) < 4.78 is 11.2. The molecule has 0 aliphatic carbocycles. The lowest BCUT2D eigenvalue weighted by molar-refractivity contribution is -0.384. The number of carbonyl (C=O) groups excluding carboxylic acids is 1. The largest absolute Gasteiger partial charge is 0.493 e. The molecule has 0 bridgehead atoms. The van der Waals surface area contributed by atoms with Gasteiger partial charge >= 0.3 is 0 Å². The van der Waals surface area contributed by atoms with E-state index < -0.39 is 4.92 Å². The Morgan fingerprint density at radius 2 is 1.75 bits per heavy atom. The van der Waals surface area contributed by atoms with Crippen molar-refractivity contribution in [1.29, 1.82) is 0 Å². The number of hydrogen-bond acceptors (Lipinski definition) is 7. The standard InChI is InChI=1S/C23H24N4O5/c1-31-21-9-6-19(15-22(21)32-16-17-10-13-24-14-11-17)26-23(28)3-2-12-25-18-4-7-20(8-5-18)27(29)30/h4-11,13-15,25H,2-3,12,16H2,1H3,(H,26,28). The number of carbonyl (C=O) groups is 1. The monoisotopic (exact) mass is 436 g/mol. The molecular formula is C23H24N4O5. The van der Waals surface area contributed by atoms with Gasteiger partial charge in [0, 0.05) is 54.9 Å². The van der Waals surface area contributed by atoms with Crippen LogP contribution in [0.4, 0.5) is 17.1 Å². The molecular weight excluding hydrogens is 412 g/mol. The summed E-state index contributed by atoms with van der Waals surface area (Å²) in [5.41, 5.74) is 2.39. The molecule has 0 aliphatic rings. The minimum atomic E-state index is -0.442. The second-order valence-electron chi connectivity index (χ2n) is 6.89. The van der Waals surface area contributed by atoms with Crippen molar-refractivity contribution in [2.24, 2.45) is 0 Å². The topological polar surface area (TPSA) is 116 Å². The van der Waals surface area contributed by atoms with Crippen LogP contribution in [0.5, 0.6) is 11.5 Å². The molecule has 0 saturated heterocycles. The first-order valence-corrected chi connectivity index (χ1v) is 10.0. The fraction of sp³-hybridized carbons (Fsp3) is 0.217. The maximum atomic E-state index is 12.3. The lowest BCUT2D eigenvalue weighted by Gasteiger charge is -2.13. The average molecular weight is 436 g/mol. The van der Waals surface area contributed by atoms with Gasteiger partial charge in [-0.2, -0.15) is 0 Å². The van der Waals surface area contributed by atoms with Gasteiger partial charge in [-0.05, 0) is 48.4 Å². The van der Waals surface area contributed by atoms with Crippen LogP contribution < -0.4 is 20.1 Å². The Labute approximate surface area is 185 Å². The second kappa shape index (κ2) is 11.3. The number of benzene rings is 2. The zero-order chi connectivity index (χ0) is 22.8. The SMILES string of the molecule is COc1ccc(NC(=O)CCCNc2ccc([N+](=O)[O-])cc2)cc1OCc1ccncc1. The Hall–Kier alpha value is -4.14. The molecule has 2 N–H and O–H groups in total. The third-order valence-corrected chi connectivity index (χ3v) is 4.58. The smallest absolute Gasteiger partial charge is 0.269 e. The Balaban J connectivity index is 1.47. The molecule has 3 rings (SSSR count). The average Bonchev–Trinajstić information content (AvgIpc) is 2.81. The van der Waals surface area contributed by atoms with Crippen LogP contribution >= 0.6 is 0 Å². The van der Waals surface area contributed by atoms with Gasteiger partial charge in [0.2, 0.25) is 5.91 Å². The molecule has 0 fully saturated rings. The Morgan fingerprint density at radius 1 is 1.03 bits per heavy atom. The second-order valence-corrected chi connectivity index (χ2v) is 6.89. The van der Waals surface area contributed by atoms with E-state index in [1.54, 1.807) is 49.8 Å². The van der Waals surface area contributed by atoms with Gasteiger partial charge in [-0.25, -0.2) is 0 Å². The summed E-state index contributed by atoms with van der Waals surface area (Å²) in [6, 6.07) is 15.1. The van der Waals surface area contributed by atoms with Gasteiger partial charge in [0.1, 0.15) is 6.61 Å². The maximum Gasteiger partial charge on any atom is 0.269 e. The molecule has 0 unspecified atom stereocenters. The normalized spacial score (nSPS) is 10.3. The van der Waals surface area contributed by atoms with Gasteiger partial charge < -0.3 is 20.1 Å². The number of ether oxygens (including phenoxy) is 2. The first-order chi connectivity index (χ1) is 15.5. The highest BCUT2D eigenvalue weighted by Gasteiger charge is 2.09. The molecule has 166 valence electrons. The number of aromatic nitrogens is 1. The number of nitro groups is 1. The molecule has 0 spiro atoms. The van der Waals surface area contributed by atoms with Gasteiger partial charge in [-0.3, -0.25) is 19.9 Å². The summed E-state index contributed by atoms with van der Waals surface area (Å²) >= 11 is 0. The highest BCUT2D eigenvalue weighted by Crippen LogP contribution is 2.31. The summed E-state index contributed by atoms with van der Waals surface area (Å²) in [4.78, 5) is 26.5. The Morgan fingerprint density at radius 3 is 2.44 bits per heavy atom. The number of non-ortho nitro benzene ring substituents is 1. The number of methoxy groups -OCH3 is 1. The number of rotatable bonds is 11. The van der Waals surface area contributed by atoms with Crippen LogP contribution in [0.15, 0.2) is 67.0 Å². The summed E-state index contributed by atoms with van der Waals surface area (Å²) in [5, 5.41) is 16.7. The molecule has 9 heteroatoms. The first kappa shape index (κ1) is 22.5. The number of anilines is 2. The van der Waals surface area contributed by atoms with E-state index in [2.05, 4.69) is 15.6 Å². The van der Waals surface area contributed by atoms with Crippen LogP contribution in [0.3, 0.4) is 0 Å². The molecule has 0 saturated carbocycles. The number of amides is 1. The zero-order valence-corrected chi connectivity index (χ0v) is 17.6. The summed E-state index contributed by atoms with van der Waals surface area (Å²) in [7, 11) is 1.56. The highest BCUT2D eigenvalue weighted by molar-refractivity contribution is 5.91. The molecule has 1 amide bonds. The van der Waals surface area contributed by atoms with Crippen molar-refractivity contribution in [3.8, 4) is 11.5 Å². The highest BCUT2D eigenvalue weighted by atomic mass is 16.6. The molecule has 1 heterocycles. The van der Waals surface area contributed by atoms with Gasteiger partial charge in [-0.1, -0.05) is 0 Å². The lowest BCUT2D eigenvalue weighted by Crippen LogP contribution is -2.13. The number of hydrogen-bond donors (Lipinski definition) is 2. The molecule has 3 aromatic rings. The molecule has 9 nitrogen and oxygen atoms in total. The van der Waals surface area contributed by atoms with Crippen molar-refractivity contribution in [2.75, 3.05) is 24.3 Å². The van der Waals surface area contributed by atoms with E-state index in [1.165, 1.54) is 12.1 Å². The maximum absolute atomic E-state index is 12.3. The third kappa shape index (κ3) is 6.69. The van der Waals surface area contributed by atoms with E-state index in [4.69, 9.17) is 9.47 Å². The predicted molar refractivity (Wildman–Crippen MR) is 121 cm³/mol. The number of nitrogens with zero attached hydrogens (tertiary/aromatic N) is 2. The van der Waals surface area contributed by atoms with Crippen molar-refractivity contribution in [3.05, 3.63) is 82.7 Å². The molecule has 2 aromatic carbocycles. The zero-order valence-electron chi connectivity index (χ0n) is 17.6. The van der Waals surface area contributed by atoms with Crippen LogP contribution in [0.1, 0.15) is 18.4 Å². The Bertz CT molecular complexity index is 1040. The minimum absolute atomic E-state index is 0.0403. The van der Waals surface area contributed by atoms with Gasteiger partial charge in [-0.15, -0.1) is 0 Å².